The predicted molar refractivity (Wildman–Crippen MR) is 61.8 cm³/mol. The Kier molecular flexibility index (Phi) is 4.26. The summed E-state index contributed by atoms with van der Waals surface area (Å²) in [6.07, 6.45) is 3.25. The van der Waals surface area contributed by atoms with E-state index in [9.17, 15) is 9.90 Å². The van der Waals surface area contributed by atoms with Gasteiger partial charge in [-0.1, -0.05) is 30.3 Å². The summed E-state index contributed by atoms with van der Waals surface area (Å²) in [5.41, 5.74) is -0.240. The van der Waals surface area contributed by atoms with Crippen LogP contribution >= 0.6 is 0 Å². The van der Waals surface area contributed by atoms with E-state index >= 15 is 0 Å². The highest BCUT2D eigenvalue weighted by molar-refractivity contribution is 5.66. The first-order chi connectivity index (χ1) is 7.52. The van der Waals surface area contributed by atoms with Gasteiger partial charge in [-0.15, -0.1) is 0 Å². The number of benzene rings is 1. The molecule has 0 amide bonds. The highest BCUT2D eigenvalue weighted by Crippen LogP contribution is 2.21. The third-order valence-electron chi connectivity index (χ3n) is 2.18. The second kappa shape index (κ2) is 5.47. The number of hydrogen-bond donors (Lipinski definition) is 1. The van der Waals surface area contributed by atoms with E-state index < -0.39 is 5.60 Å². The fourth-order valence-corrected chi connectivity index (χ4v) is 1.31. The molecule has 0 heterocycles. The SMILES string of the molecule is CC(=O)OC/C=C/C(C)(O)c1ccccc1. The third-order valence-corrected chi connectivity index (χ3v) is 2.18. The average Bonchev–Trinajstić information content (AvgIpc) is 2.26. The molecular formula is C13H16O3. The minimum atomic E-state index is -1.04. The molecule has 0 spiro atoms. The molecule has 1 aromatic rings. The summed E-state index contributed by atoms with van der Waals surface area (Å²) in [5, 5.41) is 10.1. The Labute approximate surface area is 95.4 Å². The van der Waals surface area contributed by atoms with Gasteiger partial charge in [-0.3, -0.25) is 4.79 Å². The normalized spacial score (nSPS) is 14.7. The van der Waals surface area contributed by atoms with Gasteiger partial charge in [-0.2, -0.15) is 0 Å². The summed E-state index contributed by atoms with van der Waals surface area (Å²) < 4.78 is 4.74. The summed E-state index contributed by atoms with van der Waals surface area (Å²) in [6, 6.07) is 9.31. The molecule has 3 nitrogen and oxygen atoms in total. The average molecular weight is 220 g/mol. The standard InChI is InChI=1S/C13H16O3/c1-11(14)16-10-6-9-13(2,15)12-7-4-3-5-8-12/h3-9,15H,10H2,1-2H3/b9-6+. The van der Waals surface area contributed by atoms with Crippen molar-refractivity contribution in [3.05, 3.63) is 48.0 Å². The van der Waals surface area contributed by atoms with Crippen molar-refractivity contribution >= 4 is 5.97 Å². The van der Waals surface area contributed by atoms with Gasteiger partial charge in [-0.05, 0) is 24.6 Å². The van der Waals surface area contributed by atoms with E-state index in [0.29, 0.717) is 0 Å². The maximum Gasteiger partial charge on any atom is 0.302 e. The van der Waals surface area contributed by atoms with Crippen LogP contribution in [0.4, 0.5) is 0 Å². The summed E-state index contributed by atoms with van der Waals surface area (Å²) >= 11 is 0. The molecule has 0 aliphatic rings. The molecule has 0 saturated carbocycles. The molecular weight excluding hydrogens is 204 g/mol. The maximum atomic E-state index is 10.5. The van der Waals surface area contributed by atoms with E-state index in [1.54, 1.807) is 19.1 Å². The summed E-state index contributed by atoms with van der Waals surface area (Å²) in [4.78, 5) is 10.5. The van der Waals surface area contributed by atoms with E-state index in [-0.39, 0.29) is 12.6 Å². The van der Waals surface area contributed by atoms with E-state index in [1.165, 1.54) is 6.92 Å². The van der Waals surface area contributed by atoms with Crippen molar-refractivity contribution in [2.75, 3.05) is 6.61 Å². The van der Waals surface area contributed by atoms with Gasteiger partial charge in [0.1, 0.15) is 12.2 Å². The highest BCUT2D eigenvalue weighted by atomic mass is 16.5. The van der Waals surface area contributed by atoms with Crippen molar-refractivity contribution in [3.63, 3.8) is 0 Å². The van der Waals surface area contributed by atoms with Gasteiger partial charge in [0.2, 0.25) is 0 Å². The van der Waals surface area contributed by atoms with Crippen molar-refractivity contribution < 1.29 is 14.6 Å². The Hall–Kier alpha value is -1.61. The van der Waals surface area contributed by atoms with Gasteiger partial charge >= 0.3 is 5.97 Å². The zero-order valence-electron chi connectivity index (χ0n) is 9.51. The van der Waals surface area contributed by atoms with Gasteiger partial charge < -0.3 is 9.84 Å². The van der Waals surface area contributed by atoms with E-state index in [4.69, 9.17) is 4.74 Å². The molecule has 1 unspecified atom stereocenters. The van der Waals surface area contributed by atoms with Gasteiger partial charge in [0.25, 0.3) is 0 Å². The molecule has 0 radical (unpaired) electrons. The molecule has 86 valence electrons. The minimum Gasteiger partial charge on any atom is -0.462 e. The lowest BCUT2D eigenvalue weighted by Gasteiger charge is -2.19. The van der Waals surface area contributed by atoms with Crippen LogP contribution in [0.2, 0.25) is 0 Å². The van der Waals surface area contributed by atoms with Gasteiger partial charge in [-0.25, -0.2) is 0 Å². The summed E-state index contributed by atoms with van der Waals surface area (Å²) in [7, 11) is 0. The molecule has 0 aliphatic heterocycles. The van der Waals surface area contributed by atoms with E-state index in [0.717, 1.165) is 5.56 Å². The van der Waals surface area contributed by atoms with Crippen LogP contribution in [0.3, 0.4) is 0 Å². The van der Waals surface area contributed by atoms with Crippen LogP contribution in [-0.4, -0.2) is 17.7 Å². The summed E-state index contributed by atoms with van der Waals surface area (Å²) in [6.45, 7) is 3.22. The zero-order valence-corrected chi connectivity index (χ0v) is 9.51. The molecule has 3 heteroatoms. The molecule has 0 fully saturated rings. The molecule has 1 rings (SSSR count). The number of hydrogen-bond acceptors (Lipinski definition) is 3. The van der Waals surface area contributed by atoms with Crippen molar-refractivity contribution in [1.29, 1.82) is 0 Å². The largest absolute Gasteiger partial charge is 0.462 e. The van der Waals surface area contributed by atoms with Gasteiger partial charge in [0.05, 0.1) is 0 Å². The number of ether oxygens (including phenoxy) is 1. The molecule has 16 heavy (non-hydrogen) atoms. The highest BCUT2D eigenvalue weighted by Gasteiger charge is 2.18. The molecule has 1 atom stereocenters. The van der Waals surface area contributed by atoms with Crippen LogP contribution in [0, 0.1) is 0 Å². The Morgan fingerprint density at radius 3 is 2.62 bits per heavy atom. The lowest BCUT2D eigenvalue weighted by molar-refractivity contribution is -0.139. The second-order valence-electron chi connectivity index (χ2n) is 3.72. The predicted octanol–water partition coefficient (Wildman–Crippen LogP) is 2.01. The number of esters is 1. The first kappa shape index (κ1) is 12.5. The minimum absolute atomic E-state index is 0.179. The Bertz CT molecular complexity index is 366. The molecule has 0 saturated heterocycles. The number of carbonyl (C=O) groups excluding carboxylic acids is 1. The smallest absolute Gasteiger partial charge is 0.302 e. The lowest BCUT2D eigenvalue weighted by Crippen LogP contribution is -2.17. The molecule has 0 aromatic heterocycles. The van der Waals surface area contributed by atoms with E-state index in [1.807, 2.05) is 30.3 Å². The van der Waals surface area contributed by atoms with Crippen molar-refractivity contribution in [2.45, 2.75) is 19.4 Å². The van der Waals surface area contributed by atoms with Crippen molar-refractivity contribution in [2.24, 2.45) is 0 Å². The Balaban J connectivity index is 2.61. The van der Waals surface area contributed by atoms with Gasteiger partial charge in [0.15, 0.2) is 0 Å². The van der Waals surface area contributed by atoms with Crippen LogP contribution in [0.25, 0.3) is 0 Å². The molecule has 1 N–H and O–H groups in total. The molecule has 0 bridgehead atoms. The van der Waals surface area contributed by atoms with Crippen LogP contribution < -0.4 is 0 Å². The number of rotatable bonds is 4. The number of carbonyl (C=O) groups is 1. The van der Waals surface area contributed by atoms with Crippen molar-refractivity contribution in [3.8, 4) is 0 Å². The van der Waals surface area contributed by atoms with E-state index in [2.05, 4.69) is 0 Å². The molecule has 0 aliphatic carbocycles. The fraction of sp³-hybridized carbons (Fsp3) is 0.308. The van der Waals surface area contributed by atoms with Gasteiger partial charge in [0, 0.05) is 6.92 Å². The van der Waals surface area contributed by atoms with Crippen LogP contribution in [0.5, 0.6) is 0 Å². The maximum absolute atomic E-state index is 10.5. The third kappa shape index (κ3) is 3.87. The number of aliphatic hydroxyl groups is 1. The first-order valence-corrected chi connectivity index (χ1v) is 5.11. The van der Waals surface area contributed by atoms with Crippen LogP contribution in [0.1, 0.15) is 19.4 Å². The fourth-order valence-electron chi connectivity index (χ4n) is 1.31. The summed E-state index contributed by atoms with van der Waals surface area (Å²) in [5.74, 6) is -0.330. The lowest BCUT2D eigenvalue weighted by atomic mass is 9.96. The quantitative estimate of drug-likeness (QED) is 0.623. The monoisotopic (exact) mass is 220 g/mol. The first-order valence-electron chi connectivity index (χ1n) is 5.11. The second-order valence-corrected chi connectivity index (χ2v) is 3.72. The Morgan fingerprint density at radius 2 is 2.06 bits per heavy atom. The van der Waals surface area contributed by atoms with Crippen LogP contribution in [0.15, 0.2) is 42.5 Å². The topological polar surface area (TPSA) is 46.5 Å². The van der Waals surface area contributed by atoms with Crippen molar-refractivity contribution in [1.82, 2.24) is 0 Å². The zero-order chi connectivity index (χ0) is 12.0. The molecule has 1 aromatic carbocycles. The van der Waals surface area contributed by atoms with Crippen LogP contribution in [-0.2, 0) is 15.1 Å². The Morgan fingerprint density at radius 1 is 1.44 bits per heavy atom.